The summed E-state index contributed by atoms with van der Waals surface area (Å²) < 4.78 is 20.2. The first-order chi connectivity index (χ1) is 12.3. The van der Waals surface area contributed by atoms with Crippen LogP contribution in [0.4, 0.5) is 4.39 Å². The van der Waals surface area contributed by atoms with Crippen molar-refractivity contribution < 1.29 is 14.2 Å². The molecule has 3 rings (SSSR count). The van der Waals surface area contributed by atoms with Crippen molar-refractivity contribution in [2.24, 2.45) is 11.3 Å². The lowest BCUT2D eigenvalue weighted by molar-refractivity contribution is -0.0834. The predicted octanol–water partition coefficient (Wildman–Crippen LogP) is 6.25. The normalized spacial score (nSPS) is 27.6. The van der Waals surface area contributed by atoms with Crippen molar-refractivity contribution in [3.63, 3.8) is 0 Å². The number of phenolic OH excluding ortho intramolecular Hbond substituents is 1. The Balaban J connectivity index is 1.91. The highest BCUT2D eigenvalue weighted by Crippen LogP contribution is 2.54. The number of halogens is 1. The zero-order valence-electron chi connectivity index (χ0n) is 16.0. The number of aromatic hydroxyl groups is 1. The van der Waals surface area contributed by atoms with Crippen LogP contribution in [-0.2, 0) is 4.74 Å². The number of fused-ring (bicyclic) bond motifs is 2. The molecule has 0 amide bonds. The summed E-state index contributed by atoms with van der Waals surface area (Å²) in [5.41, 5.74) is 4.69. The average molecular weight is 356 g/mol. The zero-order chi connectivity index (χ0) is 18.9. The van der Waals surface area contributed by atoms with E-state index < -0.39 is 5.82 Å². The van der Waals surface area contributed by atoms with Crippen LogP contribution in [0.1, 0.15) is 58.1 Å². The topological polar surface area (TPSA) is 29.5 Å². The molecule has 0 radical (unpaired) electrons. The number of ether oxygens (including phenoxy) is 1. The van der Waals surface area contributed by atoms with Gasteiger partial charge in [0.25, 0.3) is 0 Å². The van der Waals surface area contributed by atoms with Gasteiger partial charge in [-0.05, 0) is 64.2 Å². The fraction of sp³-hybridized carbons (Fsp3) is 0.478. The van der Waals surface area contributed by atoms with Crippen molar-refractivity contribution in [3.8, 4) is 5.75 Å². The van der Waals surface area contributed by atoms with E-state index in [2.05, 4.69) is 39.5 Å². The summed E-state index contributed by atoms with van der Waals surface area (Å²) in [5, 5.41) is 9.51. The Morgan fingerprint density at radius 2 is 2.15 bits per heavy atom. The Morgan fingerprint density at radius 1 is 1.38 bits per heavy atom. The molecule has 1 aliphatic heterocycles. The van der Waals surface area contributed by atoms with Crippen molar-refractivity contribution in [2.45, 2.75) is 52.6 Å². The molecule has 2 aliphatic rings. The summed E-state index contributed by atoms with van der Waals surface area (Å²) in [4.78, 5) is 0. The SMILES string of the molecule is C=C(C)C12CC=C(CCC=C(C)C)C(C1)C(c1ccc(O)c(F)c1)OC2. The Kier molecular flexibility index (Phi) is 5.38. The molecule has 3 heteroatoms. The van der Waals surface area contributed by atoms with Gasteiger partial charge in [0.2, 0.25) is 0 Å². The molecule has 1 aromatic rings. The summed E-state index contributed by atoms with van der Waals surface area (Å²) in [7, 11) is 0. The number of benzene rings is 1. The molecule has 1 heterocycles. The van der Waals surface area contributed by atoms with Crippen LogP contribution in [0.3, 0.4) is 0 Å². The molecule has 0 spiro atoms. The Hall–Kier alpha value is -1.87. The van der Waals surface area contributed by atoms with Crippen molar-refractivity contribution >= 4 is 0 Å². The van der Waals surface area contributed by atoms with E-state index in [-0.39, 0.29) is 23.2 Å². The predicted molar refractivity (Wildman–Crippen MR) is 103 cm³/mol. The van der Waals surface area contributed by atoms with E-state index >= 15 is 0 Å². The maximum atomic E-state index is 13.9. The quantitative estimate of drug-likeness (QED) is 0.632. The molecule has 2 nitrogen and oxygen atoms in total. The van der Waals surface area contributed by atoms with E-state index in [1.54, 1.807) is 6.07 Å². The minimum absolute atomic E-state index is 0.00333. The van der Waals surface area contributed by atoms with Gasteiger partial charge in [0, 0.05) is 11.3 Å². The summed E-state index contributed by atoms with van der Waals surface area (Å²) in [6.07, 6.45) is 8.45. The van der Waals surface area contributed by atoms with Crippen LogP contribution < -0.4 is 0 Å². The van der Waals surface area contributed by atoms with Crippen molar-refractivity contribution in [3.05, 3.63) is 65.0 Å². The lowest BCUT2D eigenvalue weighted by Gasteiger charge is -2.49. The zero-order valence-corrected chi connectivity index (χ0v) is 16.0. The molecule has 1 aromatic carbocycles. The second-order valence-corrected chi connectivity index (χ2v) is 8.12. The molecule has 26 heavy (non-hydrogen) atoms. The molecule has 0 saturated carbocycles. The minimum atomic E-state index is -0.589. The fourth-order valence-electron chi connectivity index (χ4n) is 4.21. The van der Waals surface area contributed by atoms with Crippen LogP contribution in [0.2, 0.25) is 0 Å². The van der Waals surface area contributed by atoms with Crippen LogP contribution in [-0.4, -0.2) is 11.7 Å². The van der Waals surface area contributed by atoms with Crippen LogP contribution in [0.5, 0.6) is 5.75 Å². The number of hydrogen-bond acceptors (Lipinski definition) is 2. The van der Waals surface area contributed by atoms with E-state index in [4.69, 9.17) is 4.74 Å². The van der Waals surface area contributed by atoms with E-state index in [0.29, 0.717) is 6.61 Å². The summed E-state index contributed by atoms with van der Waals surface area (Å²) >= 11 is 0. The molecular weight excluding hydrogens is 327 g/mol. The highest BCUT2D eigenvalue weighted by Gasteiger charge is 2.46. The molecular formula is C23H29FO2. The number of hydrogen-bond donors (Lipinski definition) is 1. The van der Waals surface area contributed by atoms with E-state index in [9.17, 15) is 9.50 Å². The van der Waals surface area contributed by atoms with E-state index in [1.165, 1.54) is 23.3 Å². The van der Waals surface area contributed by atoms with Gasteiger partial charge in [0.05, 0.1) is 12.7 Å². The first-order valence-corrected chi connectivity index (χ1v) is 9.41. The molecule has 0 aromatic heterocycles. The summed E-state index contributed by atoms with van der Waals surface area (Å²) in [6.45, 7) is 11.1. The largest absolute Gasteiger partial charge is 0.505 e. The maximum absolute atomic E-state index is 13.9. The number of allylic oxidation sites excluding steroid dienone is 3. The minimum Gasteiger partial charge on any atom is -0.505 e. The number of rotatable bonds is 5. The first kappa shape index (κ1) is 18.9. The van der Waals surface area contributed by atoms with Gasteiger partial charge < -0.3 is 9.84 Å². The van der Waals surface area contributed by atoms with E-state index in [0.717, 1.165) is 36.8 Å². The van der Waals surface area contributed by atoms with Crippen LogP contribution in [0, 0.1) is 17.2 Å². The van der Waals surface area contributed by atoms with Gasteiger partial charge in [0.1, 0.15) is 0 Å². The molecule has 2 bridgehead atoms. The summed E-state index contributed by atoms with van der Waals surface area (Å²) in [6, 6.07) is 4.61. The maximum Gasteiger partial charge on any atom is 0.165 e. The standard InChI is InChI=1S/C23H29FO2/c1-15(2)6-5-7-17-10-11-23(16(3)4)13-19(17)22(26-14-23)18-8-9-21(25)20(24)12-18/h6,8-10,12,19,22,25H,3,5,7,11,13-14H2,1-2,4H3. The third-order valence-electron chi connectivity index (χ3n) is 5.94. The Bertz CT molecular complexity index is 757. The molecule has 1 aliphatic carbocycles. The highest BCUT2D eigenvalue weighted by atomic mass is 19.1. The van der Waals surface area contributed by atoms with Gasteiger partial charge >= 0.3 is 0 Å². The molecule has 3 atom stereocenters. The van der Waals surface area contributed by atoms with Gasteiger partial charge in [-0.15, -0.1) is 0 Å². The van der Waals surface area contributed by atoms with Gasteiger partial charge in [-0.2, -0.15) is 0 Å². The third kappa shape index (κ3) is 3.64. The third-order valence-corrected chi connectivity index (χ3v) is 5.94. The van der Waals surface area contributed by atoms with Crippen molar-refractivity contribution in [2.75, 3.05) is 6.61 Å². The van der Waals surface area contributed by atoms with Gasteiger partial charge in [0.15, 0.2) is 11.6 Å². The second kappa shape index (κ2) is 7.40. The highest BCUT2D eigenvalue weighted by molar-refractivity contribution is 5.33. The van der Waals surface area contributed by atoms with Crippen LogP contribution in [0.15, 0.2) is 53.6 Å². The van der Waals surface area contributed by atoms with Gasteiger partial charge in [-0.3, -0.25) is 0 Å². The van der Waals surface area contributed by atoms with Gasteiger partial charge in [-0.1, -0.05) is 41.5 Å². The van der Waals surface area contributed by atoms with Crippen molar-refractivity contribution in [1.29, 1.82) is 0 Å². The van der Waals surface area contributed by atoms with Gasteiger partial charge in [-0.25, -0.2) is 4.39 Å². The Morgan fingerprint density at radius 3 is 2.81 bits per heavy atom. The smallest absolute Gasteiger partial charge is 0.165 e. The molecule has 3 unspecified atom stereocenters. The molecule has 140 valence electrons. The first-order valence-electron chi connectivity index (χ1n) is 9.41. The average Bonchev–Trinajstić information content (AvgIpc) is 2.59. The van der Waals surface area contributed by atoms with Crippen LogP contribution >= 0.6 is 0 Å². The molecule has 1 N–H and O–H groups in total. The lowest BCUT2D eigenvalue weighted by Crippen LogP contribution is -2.42. The molecule has 1 saturated heterocycles. The number of phenols is 1. The lowest BCUT2D eigenvalue weighted by atomic mass is 9.63. The Labute approximate surface area is 156 Å². The van der Waals surface area contributed by atoms with Crippen molar-refractivity contribution in [1.82, 2.24) is 0 Å². The van der Waals surface area contributed by atoms with E-state index in [1.807, 2.05) is 0 Å². The second-order valence-electron chi connectivity index (χ2n) is 8.12. The monoisotopic (exact) mass is 356 g/mol. The molecule has 1 fully saturated rings. The summed E-state index contributed by atoms with van der Waals surface area (Å²) in [5.74, 6) is -0.679. The fourth-order valence-corrected chi connectivity index (χ4v) is 4.21. The van der Waals surface area contributed by atoms with Crippen LogP contribution in [0.25, 0.3) is 0 Å².